The molecular weight excluding hydrogens is 578 g/mol. The molecule has 0 aliphatic carbocycles. The first-order valence-electron chi connectivity index (χ1n) is 19.7. The molecule has 4 nitrogen and oxygen atoms in total. The van der Waals surface area contributed by atoms with Crippen LogP contribution in [0.15, 0.2) is 72.9 Å². The average molecular weight is 654 g/mol. The van der Waals surface area contributed by atoms with Crippen LogP contribution in [-0.2, 0) is 4.79 Å². The number of hydrogen-bond acceptors (Lipinski definition) is 3. The Kier molecular flexibility index (Phi) is 36.5. The van der Waals surface area contributed by atoms with Gasteiger partial charge >= 0.3 is 0 Å². The van der Waals surface area contributed by atoms with Crippen LogP contribution in [0.2, 0.25) is 0 Å². The van der Waals surface area contributed by atoms with Gasteiger partial charge in [-0.15, -0.1) is 0 Å². The summed E-state index contributed by atoms with van der Waals surface area (Å²) in [6, 6.07) is -0.657. The smallest absolute Gasteiger partial charge is 0.220 e. The highest BCUT2D eigenvalue weighted by Gasteiger charge is 2.17. The van der Waals surface area contributed by atoms with Gasteiger partial charge in [0.2, 0.25) is 5.91 Å². The maximum absolute atomic E-state index is 12.3. The highest BCUT2D eigenvalue weighted by Crippen LogP contribution is 2.12. The first-order chi connectivity index (χ1) is 23.2. The third-order valence-corrected chi connectivity index (χ3v) is 8.40. The maximum Gasteiger partial charge on any atom is 0.220 e. The molecule has 0 aromatic carbocycles. The molecule has 3 N–H and O–H groups in total. The minimum atomic E-state index is -0.880. The predicted molar refractivity (Wildman–Crippen MR) is 207 cm³/mol. The number of amides is 1. The SMILES string of the molecule is CC/C=C\C/C=C\C/C=C\CCCCCCCC(=O)NC(CO)C(O)/C=C/CC/C=C/CC/C=C/CCCCCCCCCCCC. The number of nitrogens with one attached hydrogen (secondary N) is 1. The van der Waals surface area contributed by atoms with E-state index in [1.54, 1.807) is 6.08 Å². The number of unbranched alkanes of at least 4 members (excludes halogenated alkanes) is 17. The zero-order valence-electron chi connectivity index (χ0n) is 30.8. The molecule has 0 radical (unpaired) electrons. The number of aliphatic hydroxyl groups is 2. The van der Waals surface area contributed by atoms with Crippen molar-refractivity contribution in [1.82, 2.24) is 5.32 Å². The quantitative estimate of drug-likeness (QED) is 0.0478. The fourth-order valence-electron chi connectivity index (χ4n) is 5.40. The summed E-state index contributed by atoms with van der Waals surface area (Å²) >= 11 is 0. The summed E-state index contributed by atoms with van der Waals surface area (Å²) in [7, 11) is 0. The summed E-state index contributed by atoms with van der Waals surface area (Å²) in [6.45, 7) is 4.16. The van der Waals surface area contributed by atoms with Gasteiger partial charge in [0, 0.05) is 6.42 Å². The van der Waals surface area contributed by atoms with E-state index in [4.69, 9.17) is 0 Å². The van der Waals surface area contributed by atoms with Crippen molar-refractivity contribution in [3.8, 4) is 0 Å². The molecule has 0 spiro atoms. The largest absolute Gasteiger partial charge is 0.394 e. The Bertz CT molecular complexity index is 838. The van der Waals surface area contributed by atoms with Crippen LogP contribution in [0, 0.1) is 0 Å². The minimum Gasteiger partial charge on any atom is -0.394 e. The molecule has 0 saturated carbocycles. The Hall–Kier alpha value is -2.17. The molecule has 2 atom stereocenters. The predicted octanol–water partition coefficient (Wildman–Crippen LogP) is 12.0. The van der Waals surface area contributed by atoms with Crippen LogP contribution in [0.4, 0.5) is 0 Å². The minimum absolute atomic E-state index is 0.0989. The Labute approximate surface area is 291 Å². The first kappa shape index (κ1) is 44.8. The van der Waals surface area contributed by atoms with Gasteiger partial charge in [-0.25, -0.2) is 0 Å². The Morgan fingerprint density at radius 1 is 0.532 bits per heavy atom. The van der Waals surface area contributed by atoms with Crippen LogP contribution in [0.5, 0.6) is 0 Å². The summed E-state index contributed by atoms with van der Waals surface area (Å²) in [5, 5.41) is 22.9. The molecule has 0 aliphatic heterocycles. The van der Waals surface area contributed by atoms with Crippen molar-refractivity contribution in [1.29, 1.82) is 0 Å². The lowest BCUT2D eigenvalue weighted by molar-refractivity contribution is -0.123. The van der Waals surface area contributed by atoms with Crippen molar-refractivity contribution < 1.29 is 15.0 Å². The van der Waals surface area contributed by atoms with E-state index >= 15 is 0 Å². The second-order valence-corrected chi connectivity index (χ2v) is 12.9. The summed E-state index contributed by atoms with van der Waals surface area (Å²) in [4.78, 5) is 12.3. The van der Waals surface area contributed by atoms with Crippen LogP contribution in [0.1, 0.15) is 174 Å². The number of hydrogen-bond donors (Lipinski definition) is 3. The fraction of sp³-hybridized carbons (Fsp3) is 0.698. The summed E-state index contributed by atoms with van der Waals surface area (Å²) in [6.07, 6.45) is 54.2. The monoisotopic (exact) mass is 654 g/mol. The normalized spacial score (nSPS) is 13.9. The average Bonchev–Trinajstić information content (AvgIpc) is 3.07. The first-order valence-corrected chi connectivity index (χ1v) is 19.7. The second kappa shape index (κ2) is 38.3. The van der Waals surface area contributed by atoms with Crippen molar-refractivity contribution in [2.75, 3.05) is 6.61 Å². The Balaban J connectivity index is 3.74. The molecular formula is C43H75NO3. The molecule has 0 aliphatic rings. The van der Waals surface area contributed by atoms with Gasteiger partial charge in [-0.1, -0.05) is 164 Å². The summed E-state index contributed by atoms with van der Waals surface area (Å²) in [5.41, 5.74) is 0. The van der Waals surface area contributed by atoms with Crippen LogP contribution in [0.3, 0.4) is 0 Å². The molecule has 0 heterocycles. The van der Waals surface area contributed by atoms with Crippen molar-refractivity contribution in [2.24, 2.45) is 0 Å². The second-order valence-electron chi connectivity index (χ2n) is 12.9. The molecule has 270 valence electrons. The Morgan fingerprint density at radius 3 is 1.49 bits per heavy atom. The van der Waals surface area contributed by atoms with E-state index in [0.717, 1.165) is 70.6 Å². The molecule has 2 unspecified atom stereocenters. The molecule has 0 bridgehead atoms. The van der Waals surface area contributed by atoms with Crippen LogP contribution < -0.4 is 5.32 Å². The maximum atomic E-state index is 12.3. The van der Waals surface area contributed by atoms with Gasteiger partial charge in [0.1, 0.15) is 0 Å². The van der Waals surface area contributed by atoms with Gasteiger partial charge in [0.15, 0.2) is 0 Å². The molecule has 47 heavy (non-hydrogen) atoms. The molecule has 0 aromatic heterocycles. The van der Waals surface area contributed by atoms with Gasteiger partial charge in [-0.2, -0.15) is 0 Å². The zero-order chi connectivity index (χ0) is 34.3. The molecule has 0 rings (SSSR count). The number of allylic oxidation sites excluding steroid dienone is 11. The lowest BCUT2D eigenvalue weighted by atomic mass is 10.1. The lowest BCUT2D eigenvalue weighted by Crippen LogP contribution is -2.45. The number of carbonyl (C=O) groups is 1. The van der Waals surface area contributed by atoms with Crippen LogP contribution in [0.25, 0.3) is 0 Å². The summed E-state index contributed by atoms with van der Waals surface area (Å²) in [5.74, 6) is -0.0989. The summed E-state index contributed by atoms with van der Waals surface area (Å²) < 4.78 is 0. The molecule has 0 fully saturated rings. The third kappa shape index (κ3) is 35.0. The van der Waals surface area contributed by atoms with E-state index in [1.165, 1.54) is 83.5 Å². The van der Waals surface area contributed by atoms with Crippen LogP contribution >= 0.6 is 0 Å². The van der Waals surface area contributed by atoms with Crippen molar-refractivity contribution in [3.05, 3.63) is 72.9 Å². The van der Waals surface area contributed by atoms with Gasteiger partial charge in [0.25, 0.3) is 0 Å². The van der Waals surface area contributed by atoms with Crippen LogP contribution in [-0.4, -0.2) is 34.9 Å². The Morgan fingerprint density at radius 2 is 0.957 bits per heavy atom. The highest BCUT2D eigenvalue weighted by atomic mass is 16.3. The number of aliphatic hydroxyl groups excluding tert-OH is 2. The van der Waals surface area contributed by atoms with E-state index in [-0.39, 0.29) is 12.5 Å². The molecule has 1 amide bonds. The van der Waals surface area contributed by atoms with E-state index in [9.17, 15) is 15.0 Å². The van der Waals surface area contributed by atoms with E-state index < -0.39 is 12.1 Å². The molecule has 4 heteroatoms. The lowest BCUT2D eigenvalue weighted by Gasteiger charge is -2.19. The van der Waals surface area contributed by atoms with Gasteiger partial charge in [0.05, 0.1) is 18.8 Å². The van der Waals surface area contributed by atoms with Crippen molar-refractivity contribution in [2.45, 2.75) is 187 Å². The highest BCUT2D eigenvalue weighted by molar-refractivity contribution is 5.76. The fourth-order valence-corrected chi connectivity index (χ4v) is 5.40. The third-order valence-electron chi connectivity index (χ3n) is 8.40. The van der Waals surface area contributed by atoms with Gasteiger partial charge in [-0.3, -0.25) is 4.79 Å². The van der Waals surface area contributed by atoms with E-state index in [0.29, 0.717) is 6.42 Å². The molecule has 0 aromatic rings. The standard InChI is InChI=1S/C43H75NO3/c1-3-5-7-9-11-13-15-17-19-20-21-22-23-25-26-28-30-32-34-36-38-42(46)41(40-45)44-43(47)39-37-35-33-31-29-27-24-18-16-14-12-10-8-6-4-2/h6,8,12,14,18,22-24,28,30,36,38,41-42,45-46H,3-5,7,9-11,13,15-17,19-21,25-27,29,31-35,37,39-40H2,1-2H3,(H,44,47)/b8-6-,14-12-,23-22+,24-18-,30-28+,38-36+. The zero-order valence-corrected chi connectivity index (χ0v) is 30.8. The van der Waals surface area contributed by atoms with Gasteiger partial charge < -0.3 is 15.5 Å². The van der Waals surface area contributed by atoms with E-state index in [2.05, 4.69) is 79.9 Å². The molecule has 0 saturated heterocycles. The van der Waals surface area contributed by atoms with Crippen molar-refractivity contribution >= 4 is 5.91 Å². The van der Waals surface area contributed by atoms with Crippen molar-refractivity contribution in [3.63, 3.8) is 0 Å². The number of carbonyl (C=O) groups excluding carboxylic acids is 1. The number of rotatable bonds is 34. The van der Waals surface area contributed by atoms with Gasteiger partial charge in [-0.05, 0) is 77.0 Å². The topological polar surface area (TPSA) is 69.6 Å². The van der Waals surface area contributed by atoms with E-state index in [1.807, 2.05) is 6.08 Å².